The van der Waals surface area contributed by atoms with E-state index >= 15 is 0 Å². The third kappa shape index (κ3) is 3.62. The van der Waals surface area contributed by atoms with Crippen LogP contribution in [0.25, 0.3) is 10.7 Å². The number of carbonyl (C=O) groups excluding carboxylic acids is 1. The van der Waals surface area contributed by atoms with Crippen LogP contribution in [0, 0.1) is 0 Å². The molecule has 1 fully saturated rings. The van der Waals surface area contributed by atoms with Crippen molar-refractivity contribution >= 4 is 28.9 Å². The number of ketones is 1. The molecule has 1 aliphatic rings. The van der Waals surface area contributed by atoms with Crippen LogP contribution in [-0.4, -0.2) is 43.6 Å². The van der Waals surface area contributed by atoms with Crippen LogP contribution in [-0.2, 0) is 18.3 Å². The zero-order valence-corrected chi connectivity index (χ0v) is 16.1. The van der Waals surface area contributed by atoms with E-state index in [1.807, 2.05) is 47.5 Å². The molecule has 6 nitrogen and oxygen atoms in total. The molecule has 1 saturated heterocycles. The van der Waals surface area contributed by atoms with E-state index in [0.717, 1.165) is 41.9 Å². The lowest BCUT2D eigenvalue weighted by Crippen LogP contribution is -2.17. The van der Waals surface area contributed by atoms with Crippen molar-refractivity contribution in [1.29, 1.82) is 0 Å². The fraction of sp³-hybridized carbons (Fsp3) is 0.389. The molecule has 26 heavy (non-hydrogen) atoms. The lowest BCUT2D eigenvalue weighted by Gasteiger charge is -2.14. The summed E-state index contributed by atoms with van der Waals surface area (Å²) in [6, 6.07) is 7.78. The van der Waals surface area contributed by atoms with Crippen LogP contribution < -0.4 is 0 Å². The van der Waals surface area contributed by atoms with E-state index in [0.29, 0.717) is 11.4 Å². The van der Waals surface area contributed by atoms with Gasteiger partial charge in [0, 0.05) is 19.9 Å². The third-order valence-electron chi connectivity index (χ3n) is 4.43. The Morgan fingerprint density at radius 1 is 1.38 bits per heavy atom. The minimum atomic E-state index is 0.0897. The maximum Gasteiger partial charge on any atom is 0.192 e. The van der Waals surface area contributed by atoms with Crippen LogP contribution in [0.1, 0.15) is 23.3 Å². The van der Waals surface area contributed by atoms with Crippen LogP contribution in [0.4, 0.5) is 0 Å². The standard InChI is InChI=1S/C18H20N4O2S2/c1-21-8-2-6-14(21)15(23)12-26-18-20-19-17(16-7-4-10-25-16)22(18)11-13-5-3-9-24-13/h2,4,6-8,10,13H,3,5,9,11-12H2,1H3. The number of aryl methyl sites for hydroxylation is 1. The Morgan fingerprint density at radius 2 is 2.31 bits per heavy atom. The number of nitrogens with zero attached hydrogens (tertiary/aromatic N) is 4. The number of thiophene rings is 1. The molecule has 0 N–H and O–H groups in total. The summed E-state index contributed by atoms with van der Waals surface area (Å²) in [6.07, 6.45) is 4.21. The van der Waals surface area contributed by atoms with Gasteiger partial charge in [0.15, 0.2) is 16.8 Å². The van der Waals surface area contributed by atoms with Crippen LogP contribution in [0.15, 0.2) is 41.0 Å². The molecule has 0 saturated carbocycles. The van der Waals surface area contributed by atoms with Crippen molar-refractivity contribution < 1.29 is 9.53 Å². The lowest BCUT2D eigenvalue weighted by atomic mass is 10.2. The molecule has 0 amide bonds. The van der Waals surface area contributed by atoms with Gasteiger partial charge in [-0.3, -0.25) is 9.36 Å². The summed E-state index contributed by atoms with van der Waals surface area (Å²) in [5.41, 5.74) is 0.709. The fourth-order valence-corrected chi connectivity index (χ4v) is 4.64. The monoisotopic (exact) mass is 388 g/mol. The minimum Gasteiger partial charge on any atom is -0.376 e. The second kappa shape index (κ2) is 7.77. The Bertz CT molecular complexity index is 879. The van der Waals surface area contributed by atoms with Crippen molar-refractivity contribution in [3.05, 3.63) is 41.5 Å². The number of aromatic nitrogens is 4. The highest BCUT2D eigenvalue weighted by atomic mass is 32.2. The summed E-state index contributed by atoms with van der Waals surface area (Å²) in [5.74, 6) is 1.28. The Labute approximate surface area is 160 Å². The topological polar surface area (TPSA) is 61.9 Å². The van der Waals surface area contributed by atoms with Gasteiger partial charge < -0.3 is 9.30 Å². The summed E-state index contributed by atoms with van der Waals surface area (Å²) in [5, 5.41) is 11.6. The summed E-state index contributed by atoms with van der Waals surface area (Å²) in [4.78, 5) is 13.5. The molecule has 1 atom stereocenters. The van der Waals surface area contributed by atoms with Gasteiger partial charge >= 0.3 is 0 Å². The average molecular weight is 389 g/mol. The second-order valence-electron chi connectivity index (χ2n) is 6.25. The van der Waals surface area contributed by atoms with Crippen molar-refractivity contribution in [1.82, 2.24) is 19.3 Å². The molecule has 3 aromatic heterocycles. The molecule has 8 heteroatoms. The molecule has 0 bridgehead atoms. The highest BCUT2D eigenvalue weighted by molar-refractivity contribution is 7.99. The Kier molecular flexibility index (Phi) is 5.23. The summed E-state index contributed by atoms with van der Waals surface area (Å²) >= 11 is 3.08. The van der Waals surface area contributed by atoms with Crippen LogP contribution in [0.5, 0.6) is 0 Å². The van der Waals surface area contributed by atoms with Gasteiger partial charge in [-0.25, -0.2) is 0 Å². The Hall–Kier alpha value is -1.90. The number of rotatable bonds is 7. The third-order valence-corrected chi connectivity index (χ3v) is 6.26. The van der Waals surface area contributed by atoms with E-state index in [1.54, 1.807) is 11.3 Å². The van der Waals surface area contributed by atoms with E-state index in [2.05, 4.69) is 14.8 Å². The summed E-state index contributed by atoms with van der Waals surface area (Å²) in [6.45, 7) is 1.54. The van der Waals surface area contributed by atoms with E-state index in [1.165, 1.54) is 11.8 Å². The molecule has 136 valence electrons. The zero-order valence-electron chi connectivity index (χ0n) is 14.5. The smallest absolute Gasteiger partial charge is 0.192 e. The van der Waals surface area contributed by atoms with E-state index in [-0.39, 0.29) is 11.9 Å². The first-order valence-corrected chi connectivity index (χ1v) is 10.4. The van der Waals surface area contributed by atoms with Crippen molar-refractivity contribution in [2.45, 2.75) is 30.6 Å². The predicted molar refractivity (Wildman–Crippen MR) is 103 cm³/mol. The van der Waals surface area contributed by atoms with Gasteiger partial charge in [0.2, 0.25) is 0 Å². The van der Waals surface area contributed by atoms with E-state index in [4.69, 9.17) is 4.74 Å². The Morgan fingerprint density at radius 3 is 3.00 bits per heavy atom. The molecule has 4 rings (SSSR count). The van der Waals surface area contributed by atoms with Gasteiger partial charge in [-0.1, -0.05) is 17.8 Å². The molecule has 3 aromatic rings. The van der Waals surface area contributed by atoms with Gasteiger partial charge in [0.05, 0.1) is 29.0 Å². The van der Waals surface area contributed by atoms with Crippen LogP contribution >= 0.6 is 23.1 Å². The molecule has 0 aliphatic carbocycles. The fourth-order valence-electron chi connectivity index (χ4n) is 3.09. The van der Waals surface area contributed by atoms with Crippen LogP contribution in [0.3, 0.4) is 0 Å². The van der Waals surface area contributed by atoms with Gasteiger partial charge in [0.1, 0.15) is 0 Å². The average Bonchev–Trinajstić information content (AvgIpc) is 3.41. The minimum absolute atomic E-state index is 0.0897. The summed E-state index contributed by atoms with van der Waals surface area (Å²) < 4.78 is 9.75. The van der Waals surface area contributed by atoms with Gasteiger partial charge in [-0.05, 0) is 36.4 Å². The maximum atomic E-state index is 12.5. The van der Waals surface area contributed by atoms with E-state index in [9.17, 15) is 4.79 Å². The van der Waals surface area contributed by atoms with Crippen molar-refractivity contribution in [3.63, 3.8) is 0 Å². The number of Topliss-reactive ketones (excluding diaryl/α,β-unsaturated/α-hetero) is 1. The molecule has 0 radical (unpaired) electrons. The largest absolute Gasteiger partial charge is 0.376 e. The van der Waals surface area contributed by atoms with Crippen LogP contribution in [0.2, 0.25) is 0 Å². The lowest BCUT2D eigenvalue weighted by molar-refractivity contribution is 0.0953. The first-order valence-electron chi connectivity index (χ1n) is 8.58. The first-order chi connectivity index (χ1) is 12.7. The highest BCUT2D eigenvalue weighted by Crippen LogP contribution is 2.29. The summed E-state index contributed by atoms with van der Waals surface area (Å²) in [7, 11) is 1.88. The number of hydrogen-bond donors (Lipinski definition) is 0. The zero-order chi connectivity index (χ0) is 17.9. The number of ether oxygens (including phenoxy) is 1. The molecule has 4 heterocycles. The number of thioether (sulfide) groups is 1. The molecule has 1 aliphatic heterocycles. The molecule has 1 unspecified atom stereocenters. The number of hydrogen-bond acceptors (Lipinski definition) is 6. The quantitative estimate of drug-likeness (QED) is 0.458. The van der Waals surface area contributed by atoms with Crippen molar-refractivity contribution in [2.75, 3.05) is 12.4 Å². The van der Waals surface area contributed by atoms with Crippen molar-refractivity contribution in [2.24, 2.45) is 7.05 Å². The number of carbonyl (C=O) groups is 1. The molecule has 0 spiro atoms. The second-order valence-corrected chi connectivity index (χ2v) is 8.14. The molecule has 0 aromatic carbocycles. The van der Waals surface area contributed by atoms with Crippen molar-refractivity contribution in [3.8, 4) is 10.7 Å². The first kappa shape index (κ1) is 17.5. The highest BCUT2D eigenvalue weighted by Gasteiger charge is 2.23. The normalized spacial score (nSPS) is 17.0. The molecular formula is C18H20N4O2S2. The van der Waals surface area contributed by atoms with Gasteiger partial charge in [0.25, 0.3) is 0 Å². The van der Waals surface area contributed by atoms with Gasteiger partial charge in [-0.15, -0.1) is 21.5 Å². The van der Waals surface area contributed by atoms with Gasteiger partial charge in [-0.2, -0.15) is 0 Å². The maximum absolute atomic E-state index is 12.5. The predicted octanol–water partition coefficient (Wildman–Crippen LogP) is 3.50. The van der Waals surface area contributed by atoms with E-state index < -0.39 is 0 Å². The SMILES string of the molecule is Cn1cccc1C(=O)CSc1nnc(-c2cccs2)n1CC1CCCO1. The molecular weight excluding hydrogens is 368 g/mol. The Balaban J connectivity index is 1.55.